The number of fused-ring (bicyclic) bond motifs is 1. The topological polar surface area (TPSA) is 0 Å². The molecule has 0 amide bonds. The van der Waals surface area contributed by atoms with Crippen LogP contribution in [0.4, 0.5) is 0 Å². The molecule has 2 aliphatic carbocycles. The van der Waals surface area contributed by atoms with Gasteiger partial charge in [-0.1, -0.05) is 141 Å². The molecule has 5 rings (SSSR count). The first-order chi connectivity index (χ1) is 19.4. The molecule has 0 bridgehead atoms. The van der Waals surface area contributed by atoms with E-state index in [1.54, 1.807) is 0 Å². The fourth-order valence-electron chi connectivity index (χ4n) is 6.52. The van der Waals surface area contributed by atoms with E-state index in [0.29, 0.717) is 5.92 Å². The van der Waals surface area contributed by atoms with Gasteiger partial charge in [0.1, 0.15) is 0 Å². The van der Waals surface area contributed by atoms with Crippen molar-refractivity contribution in [3.05, 3.63) is 166 Å². The first kappa shape index (κ1) is 27.7. The van der Waals surface area contributed by atoms with E-state index in [9.17, 15) is 0 Å². The fraction of sp³-hybridized carbons (Fsp3) is 0.250. The lowest BCUT2D eigenvalue weighted by Gasteiger charge is -2.34. The van der Waals surface area contributed by atoms with Crippen LogP contribution >= 0.6 is 0 Å². The van der Waals surface area contributed by atoms with Gasteiger partial charge in [-0.3, -0.25) is 0 Å². The molecule has 0 saturated heterocycles. The average molecular weight is 523 g/mol. The van der Waals surface area contributed by atoms with Crippen molar-refractivity contribution in [1.82, 2.24) is 0 Å². The van der Waals surface area contributed by atoms with Gasteiger partial charge in [0.25, 0.3) is 0 Å². The molecule has 2 unspecified atom stereocenters. The van der Waals surface area contributed by atoms with Crippen LogP contribution in [-0.4, -0.2) is 0 Å². The Morgan fingerprint density at radius 2 is 1.48 bits per heavy atom. The summed E-state index contributed by atoms with van der Waals surface area (Å²) in [4.78, 5) is 0. The summed E-state index contributed by atoms with van der Waals surface area (Å²) in [6, 6.07) is 28.9. The van der Waals surface area contributed by atoms with Gasteiger partial charge < -0.3 is 0 Å². The second kappa shape index (κ2) is 12.1. The second-order valence-electron chi connectivity index (χ2n) is 11.6. The maximum Gasteiger partial charge on any atom is 0.0201 e. The number of aryl methyl sites for hydroxylation is 2. The van der Waals surface area contributed by atoms with E-state index in [1.165, 1.54) is 61.3 Å². The van der Waals surface area contributed by atoms with Crippen molar-refractivity contribution in [3.63, 3.8) is 0 Å². The SMILES string of the molecule is C=C(CCC)C1=C(C)C=C2C/C(=C\c3ccc(CCc4ccc(C(=C)C)cc4)cc3)C(=C)C2C1c1ccccc1. The number of allylic oxidation sites excluding steroid dienone is 8. The Balaban J connectivity index is 1.34. The molecule has 3 aromatic rings. The molecule has 0 nitrogen and oxygen atoms in total. The van der Waals surface area contributed by atoms with Crippen molar-refractivity contribution >= 4 is 11.6 Å². The maximum atomic E-state index is 4.69. The van der Waals surface area contributed by atoms with Gasteiger partial charge in [-0.2, -0.15) is 0 Å². The number of hydrogen-bond donors (Lipinski definition) is 0. The van der Waals surface area contributed by atoms with Crippen molar-refractivity contribution < 1.29 is 0 Å². The summed E-state index contributed by atoms with van der Waals surface area (Å²) in [6.07, 6.45) is 9.99. The van der Waals surface area contributed by atoms with Crippen molar-refractivity contribution in [3.8, 4) is 0 Å². The van der Waals surface area contributed by atoms with E-state index < -0.39 is 0 Å². The first-order valence-corrected chi connectivity index (χ1v) is 14.7. The smallest absolute Gasteiger partial charge is 0.0201 e. The zero-order valence-corrected chi connectivity index (χ0v) is 24.5. The summed E-state index contributed by atoms with van der Waals surface area (Å²) in [6.45, 7) is 19.8. The summed E-state index contributed by atoms with van der Waals surface area (Å²) in [7, 11) is 0. The molecule has 0 aromatic heterocycles. The number of benzene rings is 3. The van der Waals surface area contributed by atoms with Gasteiger partial charge in [0.15, 0.2) is 0 Å². The van der Waals surface area contributed by atoms with Gasteiger partial charge in [-0.05, 0) is 89.6 Å². The Bertz CT molecular complexity index is 1500. The third-order valence-electron chi connectivity index (χ3n) is 8.61. The lowest BCUT2D eigenvalue weighted by atomic mass is 9.69. The van der Waals surface area contributed by atoms with Crippen LogP contribution in [-0.2, 0) is 12.8 Å². The van der Waals surface area contributed by atoms with E-state index in [2.05, 4.69) is 132 Å². The summed E-state index contributed by atoms with van der Waals surface area (Å²) < 4.78 is 0. The molecule has 0 heterocycles. The minimum Gasteiger partial charge on any atom is -0.0955 e. The standard InChI is InChI=1S/C40H42/c1-7-11-28(4)38-29(5)24-37-26-36(30(6)39(37)40(38)35-12-9-8-10-13-35)25-33-18-16-31(17-19-33)14-15-32-20-22-34(23-21-32)27(2)3/h8-10,12-13,16-25,39-40H,2,4,6-7,11,14-15,26H2,1,3,5H3/b36-25+. The summed E-state index contributed by atoms with van der Waals surface area (Å²) in [5, 5.41) is 0. The minimum absolute atomic E-state index is 0.283. The molecule has 1 saturated carbocycles. The highest BCUT2D eigenvalue weighted by Gasteiger charge is 2.40. The normalized spacial score (nSPS) is 19.5. The van der Waals surface area contributed by atoms with Crippen LogP contribution in [0.15, 0.2) is 138 Å². The lowest BCUT2D eigenvalue weighted by Crippen LogP contribution is -2.21. The molecule has 0 radical (unpaired) electrons. The van der Waals surface area contributed by atoms with Crippen molar-refractivity contribution in [1.29, 1.82) is 0 Å². The molecule has 2 aliphatic rings. The monoisotopic (exact) mass is 522 g/mol. The van der Waals surface area contributed by atoms with Crippen LogP contribution < -0.4 is 0 Å². The molecule has 2 atom stereocenters. The van der Waals surface area contributed by atoms with E-state index in [-0.39, 0.29) is 5.92 Å². The lowest BCUT2D eigenvalue weighted by molar-refractivity contribution is 0.619. The van der Waals surface area contributed by atoms with Gasteiger partial charge in [0.2, 0.25) is 0 Å². The molecule has 1 fully saturated rings. The van der Waals surface area contributed by atoms with Crippen molar-refractivity contribution in [2.45, 2.75) is 58.8 Å². The van der Waals surface area contributed by atoms with E-state index in [0.717, 1.165) is 37.7 Å². The zero-order chi connectivity index (χ0) is 28.2. The van der Waals surface area contributed by atoms with Gasteiger partial charge in [-0.25, -0.2) is 0 Å². The number of hydrogen-bond acceptors (Lipinski definition) is 0. The van der Waals surface area contributed by atoms with Crippen LogP contribution in [0.3, 0.4) is 0 Å². The van der Waals surface area contributed by atoms with Crippen LogP contribution in [0.5, 0.6) is 0 Å². The Kier molecular flexibility index (Phi) is 8.36. The molecule has 0 spiro atoms. The predicted molar refractivity (Wildman–Crippen MR) is 174 cm³/mol. The third-order valence-corrected chi connectivity index (χ3v) is 8.61. The van der Waals surface area contributed by atoms with Crippen LogP contribution in [0, 0.1) is 5.92 Å². The molecular formula is C40H42. The quantitative estimate of drug-likeness (QED) is 0.262. The highest BCUT2D eigenvalue weighted by molar-refractivity contribution is 5.67. The molecular weight excluding hydrogens is 480 g/mol. The van der Waals surface area contributed by atoms with Crippen LogP contribution in [0.1, 0.15) is 73.8 Å². The van der Waals surface area contributed by atoms with E-state index in [1.807, 2.05) is 0 Å². The van der Waals surface area contributed by atoms with Crippen LogP contribution in [0.2, 0.25) is 0 Å². The minimum atomic E-state index is 0.283. The Labute approximate surface area is 241 Å². The highest BCUT2D eigenvalue weighted by atomic mass is 14.4. The van der Waals surface area contributed by atoms with Gasteiger partial charge >= 0.3 is 0 Å². The summed E-state index contributed by atoms with van der Waals surface area (Å²) >= 11 is 0. The first-order valence-electron chi connectivity index (χ1n) is 14.7. The Morgan fingerprint density at radius 3 is 2.08 bits per heavy atom. The Morgan fingerprint density at radius 1 is 0.850 bits per heavy atom. The molecule has 0 N–H and O–H groups in total. The second-order valence-corrected chi connectivity index (χ2v) is 11.6. The van der Waals surface area contributed by atoms with Crippen molar-refractivity contribution in [2.24, 2.45) is 5.92 Å². The summed E-state index contributed by atoms with van der Waals surface area (Å²) in [5.74, 6) is 0.585. The molecule has 0 heteroatoms. The predicted octanol–water partition coefficient (Wildman–Crippen LogP) is 10.9. The average Bonchev–Trinajstić information content (AvgIpc) is 3.26. The van der Waals surface area contributed by atoms with Gasteiger partial charge in [0, 0.05) is 11.8 Å². The number of rotatable bonds is 9. The zero-order valence-electron chi connectivity index (χ0n) is 24.5. The van der Waals surface area contributed by atoms with E-state index >= 15 is 0 Å². The van der Waals surface area contributed by atoms with Gasteiger partial charge in [-0.15, -0.1) is 0 Å². The van der Waals surface area contributed by atoms with Crippen LogP contribution in [0.25, 0.3) is 11.6 Å². The molecule has 0 aliphatic heterocycles. The molecule has 40 heavy (non-hydrogen) atoms. The molecule has 3 aromatic carbocycles. The van der Waals surface area contributed by atoms with E-state index in [4.69, 9.17) is 0 Å². The fourth-order valence-corrected chi connectivity index (χ4v) is 6.52. The largest absolute Gasteiger partial charge is 0.0955 e. The van der Waals surface area contributed by atoms with Crippen molar-refractivity contribution in [2.75, 3.05) is 0 Å². The Hall–Kier alpha value is -3.90. The third kappa shape index (κ3) is 5.82. The molecule has 202 valence electrons. The highest BCUT2D eigenvalue weighted by Crippen LogP contribution is 2.55. The van der Waals surface area contributed by atoms with Gasteiger partial charge in [0.05, 0.1) is 0 Å². The maximum absolute atomic E-state index is 4.69. The summed E-state index contributed by atoms with van der Waals surface area (Å²) in [5.41, 5.74) is 15.9.